The van der Waals surface area contributed by atoms with Crippen LogP contribution < -0.4 is 15.0 Å². The number of aliphatic hydroxyl groups is 1. The fourth-order valence-corrected chi connectivity index (χ4v) is 8.76. The molecule has 4 aliphatic rings. The molecule has 2 N–H and O–H groups in total. The van der Waals surface area contributed by atoms with Crippen molar-refractivity contribution in [1.82, 2.24) is 20.2 Å². The van der Waals surface area contributed by atoms with Gasteiger partial charge >= 0.3 is 6.01 Å². The summed E-state index contributed by atoms with van der Waals surface area (Å²) in [4.78, 5) is 14.8. The van der Waals surface area contributed by atoms with Crippen molar-refractivity contribution in [2.75, 3.05) is 50.0 Å². The van der Waals surface area contributed by atoms with Gasteiger partial charge in [-0.2, -0.15) is 9.97 Å². The fourth-order valence-electron chi connectivity index (χ4n) is 7.54. The van der Waals surface area contributed by atoms with E-state index in [1.54, 1.807) is 6.08 Å². The van der Waals surface area contributed by atoms with Gasteiger partial charge in [0, 0.05) is 60.8 Å². The van der Waals surface area contributed by atoms with E-state index in [1.807, 2.05) is 18.2 Å². The second kappa shape index (κ2) is 13.7. The topological polar surface area (TPSA) is 83.0 Å². The standard InChI is InChI=1S/C36H43F2N5O3S/c1-4-23-7-5-8-24-13-28(44)14-25(20-47-34(23)24)31-30(37)15-29-33(32(31)38)40-36(41-35(29)43-18-26-9-10-27(19-43)39-26)45-12-6-11-42-16-21(2)46-22(3)17-42/h5,7-8,13-15,21-22,26-27,39,44H,4,6,9-12,16-20H2,1-3H3/b25-14+,28-13+/t21-,22+,26?,27?. The predicted octanol–water partition coefficient (Wildman–Crippen LogP) is 6.38. The molecule has 2 aromatic carbocycles. The van der Waals surface area contributed by atoms with E-state index in [0.717, 1.165) is 61.3 Å². The minimum atomic E-state index is -0.771. The first kappa shape index (κ1) is 32.3. The lowest BCUT2D eigenvalue weighted by Crippen LogP contribution is -2.51. The minimum absolute atomic E-state index is 0.0224. The van der Waals surface area contributed by atoms with Gasteiger partial charge in [-0.1, -0.05) is 25.1 Å². The number of aliphatic hydroxyl groups excluding tert-OH is 1. The zero-order chi connectivity index (χ0) is 32.7. The Labute approximate surface area is 279 Å². The Morgan fingerprint density at radius 3 is 2.57 bits per heavy atom. The third kappa shape index (κ3) is 6.86. The Balaban J connectivity index is 1.22. The van der Waals surface area contributed by atoms with Gasteiger partial charge in [0.05, 0.1) is 24.4 Å². The number of benzene rings is 2. The summed E-state index contributed by atoms with van der Waals surface area (Å²) in [5.74, 6) is -0.755. The number of morpholine rings is 1. The van der Waals surface area contributed by atoms with Crippen molar-refractivity contribution in [2.45, 2.75) is 75.6 Å². The average molecular weight is 664 g/mol. The number of thioether (sulfide) groups is 1. The van der Waals surface area contributed by atoms with Crippen molar-refractivity contribution in [2.24, 2.45) is 0 Å². The van der Waals surface area contributed by atoms with Crippen molar-refractivity contribution in [3.63, 3.8) is 0 Å². The Hall–Kier alpha value is -3.25. The Morgan fingerprint density at radius 1 is 1.06 bits per heavy atom. The van der Waals surface area contributed by atoms with Gasteiger partial charge in [-0.25, -0.2) is 8.78 Å². The number of ether oxygens (including phenoxy) is 2. The van der Waals surface area contributed by atoms with Crippen molar-refractivity contribution >= 4 is 40.1 Å². The van der Waals surface area contributed by atoms with Gasteiger partial charge in [0.1, 0.15) is 22.9 Å². The molecule has 3 fully saturated rings. The highest BCUT2D eigenvalue weighted by Crippen LogP contribution is 2.40. The number of nitrogens with one attached hydrogen (secondary N) is 1. The number of hydrogen-bond acceptors (Lipinski definition) is 9. The molecule has 3 aromatic rings. The molecule has 11 heteroatoms. The highest BCUT2D eigenvalue weighted by atomic mass is 32.2. The summed E-state index contributed by atoms with van der Waals surface area (Å²) in [5.41, 5.74) is 2.21. The number of aryl methyl sites for hydroxylation is 1. The molecule has 8 nitrogen and oxygen atoms in total. The molecule has 7 rings (SSSR count). The van der Waals surface area contributed by atoms with Crippen LogP contribution in [0.2, 0.25) is 0 Å². The molecule has 0 spiro atoms. The van der Waals surface area contributed by atoms with Crippen molar-refractivity contribution in [3.05, 3.63) is 64.4 Å². The molecule has 0 amide bonds. The first-order valence-electron chi connectivity index (χ1n) is 16.8. The van der Waals surface area contributed by atoms with E-state index in [4.69, 9.17) is 14.5 Å². The largest absolute Gasteiger partial charge is 0.508 e. The molecular weight excluding hydrogens is 620 g/mol. The summed E-state index contributed by atoms with van der Waals surface area (Å²) in [6.07, 6.45) is 7.17. The molecule has 4 aliphatic heterocycles. The molecule has 2 bridgehead atoms. The highest BCUT2D eigenvalue weighted by molar-refractivity contribution is 7.99. The zero-order valence-electron chi connectivity index (χ0n) is 27.3. The monoisotopic (exact) mass is 663 g/mol. The lowest BCUT2D eigenvalue weighted by Gasteiger charge is -2.35. The number of aromatic nitrogens is 2. The molecule has 250 valence electrons. The fraction of sp³-hybridized carbons (Fsp3) is 0.500. The highest BCUT2D eigenvalue weighted by Gasteiger charge is 2.34. The number of anilines is 1. The molecule has 0 aliphatic carbocycles. The maximum Gasteiger partial charge on any atom is 0.319 e. The van der Waals surface area contributed by atoms with E-state index in [2.05, 4.69) is 40.9 Å². The van der Waals surface area contributed by atoms with E-state index in [9.17, 15) is 5.11 Å². The first-order valence-corrected chi connectivity index (χ1v) is 17.8. The Bertz CT molecular complexity index is 1700. The number of fused-ring (bicyclic) bond motifs is 4. The van der Waals surface area contributed by atoms with Crippen LogP contribution in [0.3, 0.4) is 0 Å². The van der Waals surface area contributed by atoms with Gasteiger partial charge in [-0.3, -0.25) is 4.90 Å². The summed E-state index contributed by atoms with van der Waals surface area (Å²) in [5, 5.41) is 14.8. The molecule has 5 heterocycles. The van der Waals surface area contributed by atoms with Crippen molar-refractivity contribution < 1.29 is 23.4 Å². The lowest BCUT2D eigenvalue weighted by molar-refractivity contribution is -0.0686. The summed E-state index contributed by atoms with van der Waals surface area (Å²) in [6, 6.07) is 8.00. The molecule has 0 saturated carbocycles. The van der Waals surface area contributed by atoms with Crippen LogP contribution in [-0.4, -0.2) is 89.3 Å². The Kier molecular flexibility index (Phi) is 9.42. The average Bonchev–Trinajstić information content (AvgIpc) is 3.37. The minimum Gasteiger partial charge on any atom is -0.508 e. The second-order valence-electron chi connectivity index (χ2n) is 13.3. The van der Waals surface area contributed by atoms with Crippen LogP contribution in [-0.2, 0) is 11.2 Å². The van der Waals surface area contributed by atoms with E-state index < -0.39 is 11.6 Å². The number of piperazine rings is 1. The SMILES string of the molecule is CCc1cccc2c1SC/C(c1c(F)cc3c(N4CC5CCC(C4)N5)nc(OCCCN4C[C@@H](C)O[C@@H](C)C4)nc3c1F)=C\C(O)=C/2. The number of hydrogen-bond donors (Lipinski definition) is 2. The maximum atomic E-state index is 16.7. The summed E-state index contributed by atoms with van der Waals surface area (Å²) in [6.45, 7) is 10.6. The number of halogens is 2. The van der Waals surface area contributed by atoms with Crippen molar-refractivity contribution in [3.8, 4) is 6.01 Å². The molecule has 47 heavy (non-hydrogen) atoms. The van der Waals surface area contributed by atoms with Crippen LogP contribution >= 0.6 is 11.8 Å². The smallest absolute Gasteiger partial charge is 0.319 e. The van der Waals surface area contributed by atoms with Gasteiger partial charge in [-0.15, -0.1) is 11.8 Å². The molecule has 4 atom stereocenters. The van der Waals surface area contributed by atoms with E-state index in [0.29, 0.717) is 48.6 Å². The van der Waals surface area contributed by atoms with E-state index in [-0.39, 0.29) is 40.8 Å². The summed E-state index contributed by atoms with van der Waals surface area (Å²) >= 11 is 1.52. The third-order valence-corrected chi connectivity index (χ3v) is 10.8. The second-order valence-corrected chi connectivity index (χ2v) is 14.2. The maximum absolute atomic E-state index is 16.7. The van der Waals surface area contributed by atoms with Crippen LogP contribution in [0.4, 0.5) is 14.6 Å². The molecule has 1 aromatic heterocycles. The van der Waals surface area contributed by atoms with E-state index in [1.165, 1.54) is 23.9 Å². The van der Waals surface area contributed by atoms with Crippen LogP contribution in [0.5, 0.6) is 6.01 Å². The quantitative estimate of drug-likeness (QED) is 0.267. The van der Waals surface area contributed by atoms with E-state index >= 15 is 8.78 Å². The third-order valence-electron chi connectivity index (χ3n) is 9.53. The van der Waals surface area contributed by atoms with Crippen LogP contribution in [0.15, 0.2) is 41.0 Å². The molecule has 0 radical (unpaired) electrons. The first-order chi connectivity index (χ1) is 22.7. The van der Waals surface area contributed by atoms with Gasteiger partial charge in [-0.05, 0) is 74.4 Å². The predicted molar refractivity (Wildman–Crippen MR) is 183 cm³/mol. The van der Waals surface area contributed by atoms with Gasteiger partial charge in [0.25, 0.3) is 0 Å². The van der Waals surface area contributed by atoms with Crippen LogP contribution in [0.1, 0.15) is 56.7 Å². The Morgan fingerprint density at radius 2 is 1.83 bits per heavy atom. The zero-order valence-corrected chi connectivity index (χ0v) is 28.1. The van der Waals surface area contributed by atoms with Crippen molar-refractivity contribution in [1.29, 1.82) is 0 Å². The van der Waals surface area contributed by atoms with Gasteiger partial charge in [0.15, 0.2) is 5.82 Å². The van der Waals surface area contributed by atoms with Crippen LogP contribution in [0.25, 0.3) is 22.6 Å². The number of allylic oxidation sites excluding steroid dienone is 1. The molecule has 3 saturated heterocycles. The normalized spacial score (nSPS) is 27.0. The molecule has 2 unspecified atom stereocenters. The number of nitrogens with zero attached hydrogens (tertiary/aromatic N) is 4. The van der Waals surface area contributed by atoms with Crippen LogP contribution in [0, 0.1) is 11.6 Å². The summed E-state index contributed by atoms with van der Waals surface area (Å²) < 4.78 is 44.8. The summed E-state index contributed by atoms with van der Waals surface area (Å²) in [7, 11) is 0. The molecular formula is C36H43F2N5O3S. The number of rotatable bonds is 8. The lowest BCUT2D eigenvalue weighted by atomic mass is 10.0. The van der Waals surface area contributed by atoms with Gasteiger partial charge in [0.2, 0.25) is 0 Å². The van der Waals surface area contributed by atoms with Gasteiger partial charge < -0.3 is 24.8 Å².